The van der Waals surface area contributed by atoms with E-state index in [1.807, 2.05) is 24.3 Å². The molecule has 2 heteroatoms. The highest BCUT2D eigenvalue weighted by Gasteiger charge is 2.03. The van der Waals surface area contributed by atoms with Crippen LogP contribution in [0, 0.1) is 5.92 Å². The topological polar surface area (TPSA) is 21.3 Å². The second-order valence-corrected chi connectivity index (χ2v) is 5.36. The van der Waals surface area contributed by atoms with Crippen LogP contribution < -0.4 is 10.1 Å². The Balaban J connectivity index is 1.89. The van der Waals surface area contributed by atoms with Crippen LogP contribution in [0.1, 0.15) is 19.4 Å². The lowest BCUT2D eigenvalue weighted by Crippen LogP contribution is -2.09. The molecule has 0 aliphatic heterocycles. The maximum atomic E-state index is 5.84. The van der Waals surface area contributed by atoms with Crippen molar-refractivity contribution in [1.29, 1.82) is 0 Å². The molecule has 106 valence electrons. The van der Waals surface area contributed by atoms with Gasteiger partial charge in [-0.2, -0.15) is 0 Å². The molecular formula is C18H23NO. The van der Waals surface area contributed by atoms with E-state index in [4.69, 9.17) is 4.74 Å². The minimum Gasteiger partial charge on any atom is -0.491 e. The normalized spacial score (nSPS) is 10.6. The third-order valence-electron chi connectivity index (χ3n) is 3.03. The van der Waals surface area contributed by atoms with Gasteiger partial charge in [0.25, 0.3) is 0 Å². The molecule has 0 amide bonds. The molecule has 0 saturated carbocycles. The first-order valence-corrected chi connectivity index (χ1v) is 7.25. The summed E-state index contributed by atoms with van der Waals surface area (Å²) < 4.78 is 5.84. The Kier molecular flexibility index (Phi) is 5.48. The fourth-order valence-corrected chi connectivity index (χ4v) is 1.98. The number of benzene rings is 2. The van der Waals surface area contributed by atoms with Crippen molar-refractivity contribution >= 4 is 5.69 Å². The molecule has 0 aliphatic carbocycles. The SMILES string of the molecule is CC(C)COc1ccccc1NCCc1ccccc1. The Labute approximate surface area is 121 Å². The molecule has 0 saturated heterocycles. The Hall–Kier alpha value is -1.96. The van der Waals surface area contributed by atoms with Crippen LogP contribution in [0.4, 0.5) is 5.69 Å². The fraction of sp³-hybridized carbons (Fsp3) is 0.333. The van der Waals surface area contributed by atoms with Crippen LogP contribution in [-0.2, 0) is 6.42 Å². The van der Waals surface area contributed by atoms with Gasteiger partial charge in [0, 0.05) is 6.54 Å². The van der Waals surface area contributed by atoms with E-state index in [0.717, 1.165) is 31.0 Å². The summed E-state index contributed by atoms with van der Waals surface area (Å²) in [5.41, 5.74) is 2.42. The van der Waals surface area contributed by atoms with Crippen molar-refractivity contribution < 1.29 is 4.74 Å². The van der Waals surface area contributed by atoms with Gasteiger partial charge in [-0.3, -0.25) is 0 Å². The summed E-state index contributed by atoms with van der Waals surface area (Å²) in [6.07, 6.45) is 1.01. The molecular weight excluding hydrogens is 246 g/mol. The average molecular weight is 269 g/mol. The van der Waals surface area contributed by atoms with Crippen molar-refractivity contribution in [1.82, 2.24) is 0 Å². The lowest BCUT2D eigenvalue weighted by molar-refractivity contribution is 0.272. The number of nitrogens with one attached hydrogen (secondary N) is 1. The molecule has 0 aliphatic rings. The zero-order valence-corrected chi connectivity index (χ0v) is 12.3. The van der Waals surface area contributed by atoms with Gasteiger partial charge in [-0.1, -0.05) is 56.3 Å². The zero-order valence-electron chi connectivity index (χ0n) is 12.3. The highest BCUT2D eigenvalue weighted by Crippen LogP contribution is 2.24. The zero-order chi connectivity index (χ0) is 14.2. The van der Waals surface area contributed by atoms with Gasteiger partial charge in [-0.25, -0.2) is 0 Å². The summed E-state index contributed by atoms with van der Waals surface area (Å²) in [5, 5.41) is 3.46. The lowest BCUT2D eigenvalue weighted by atomic mass is 10.1. The molecule has 0 heterocycles. The Morgan fingerprint density at radius 3 is 2.40 bits per heavy atom. The first-order valence-electron chi connectivity index (χ1n) is 7.25. The molecule has 0 bridgehead atoms. The van der Waals surface area contributed by atoms with Gasteiger partial charge < -0.3 is 10.1 Å². The quantitative estimate of drug-likeness (QED) is 0.805. The van der Waals surface area contributed by atoms with Crippen LogP contribution in [0.25, 0.3) is 0 Å². The van der Waals surface area contributed by atoms with Gasteiger partial charge >= 0.3 is 0 Å². The van der Waals surface area contributed by atoms with Crippen molar-refractivity contribution in [3.8, 4) is 5.75 Å². The van der Waals surface area contributed by atoms with Crippen LogP contribution in [0.3, 0.4) is 0 Å². The van der Waals surface area contributed by atoms with Gasteiger partial charge in [0.15, 0.2) is 0 Å². The van der Waals surface area contributed by atoms with Crippen molar-refractivity contribution in [3.63, 3.8) is 0 Å². The monoisotopic (exact) mass is 269 g/mol. The second kappa shape index (κ2) is 7.59. The summed E-state index contributed by atoms with van der Waals surface area (Å²) in [5.74, 6) is 1.47. The van der Waals surface area contributed by atoms with E-state index in [9.17, 15) is 0 Å². The molecule has 2 nitrogen and oxygen atoms in total. The molecule has 2 rings (SSSR count). The summed E-state index contributed by atoms with van der Waals surface area (Å²) in [6, 6.07) is 18.7. The maximum absolute atomic E-state index is 5.84. The lowest BCUT2D eigenvalue weighted by Gasteiger charge is -2.14. The van der Waals surface area contributed by atoms with E-state index in [1.165, 1.54) is 5.56 Å². The largest absolute Gasteiger partial charge is 0.491 e. The molecule has 0 spiro atoms. The second-order valence-electron chi connectivity index (χ2n) is 5.36. The fourth-order valence-electron chi connectivity index (χ4n) is 1.98. The van der Waals surface area contributed by atoms with Gasteiger partial charge in [-0.05, 0) is 30.0 Å². The molecule has 1 N–H and O–H groups in total. The Morgan fingerprint density at radius 1 is 0.950 bits per heavy atom. The summed E-state index contributed by atoms with van der Waals surface area (Å²) in [4.78, 5) is 0. The number of hydrogen-bond donors (Lipinski definition) is 1. The van der Waals surface area contributed by atoms with E-state index >= 15 is 0 Å². The number of hydrogen-bond acceptors (Lipinski definition) is 2. The molecule has 2 aromatic carbocycles. The minimum absolute atomic E-state index is 0.535. The molecule has 0 radical (unpaired) electrons. The summed E-state index contributed by atoms with van der Waals surface area (Å²) in [6.45, 7) is 5.97. The summed E-state index contributed by atoms with van der Waals surface area (Å²) in [7, 11) is 0. The van der Waals surface area contributed by atoms with E-state index in [0.29, 0.717) is 5.92 Å². The number of para-hydroxylation sites is 2. The van der Waals surface area contributed by atoms with Crippen molar-refractivity contribution in [3.05, 3.63) is 60.2 Å². The smallest absolute Gasteiger partial charge is 0.142 e. The maximum Gasteiger partial charge on any atom is 0.142 e. The van der Waals surface area contributed by atoms with Gasteiger partial charge in [-0.15, -0.1) is 0 Å². The van der Waals surface area contributed by atoms with Gasteiger partial charge in [0.05, 0.1) is 12.3 Å². The van der Waals surface area contributed by atoms with Crippen LogP contribution in [0.2, 0.25) is 0 Å². The number of rotatable bonds is 7. The predicted octanol–water partition coefficient (Wildman–Crippen LogP) is 4.38. The molecule has 0 unspecified atom stereocenters. The van der Waals surface area contributed by atoms with Crippen molar-refractivity contribution in [2.75, 3.05) is 18.5 Å². The highest BCUT2D eigenvalue weighted by atomic mass is 16.5. The van der Waals surface area contributed by atoms with Crippen LogP contribution >= 0.6 is 0 Å². The van der Waals surface area contributed by atoms with Crippen molar-refractivity contribution in [2.45, 2.75) is 20.3 Å². The molecule has 0 aromatic heterocycles. The van der Waals surface area contributed by atoms with Crippen LogP contribution in [-0.4, -0.2) is 13.2 Å². The first-order chi connectivity index (χ1) is 9.75. The average Bonchev–Trinajstić information content (AvgIpc) is 2.47. The molecule has 2 aromatic rings. The minimum atomic E-state index is 0.535. The van der Waals surface area contributed by atoms with E-state index < -0.39 is 0 Å². The van der Waals surface area contributed by atoms with Gasteiger partial charge in [0.1, 0.15) is 5.75 Å². The summed E-state index contributed by atoms with van der Waals surface area (Å²) >= 11 is 0. The molecule has 0 atom stereocenters. The predicted molar refractivity (Wildman–Crippen MR) is 85.4 cm³/mol. The Bertz CT molecular complexity index is 508. The number of anilines is 1. The van der Waals surface area contributed by atoms with Crippen LogP contribution in [0.5, 0.6) is 5.75 Å². The van der Waals surface area contributed by atoms with E-state index in [1.54, 1.807) is 0 Å². The third kappa shape index (κ3) is 4.61. The van der Waals surface area contributed by atoms with Crippen molar-refractivity contribution in [2.24, 2.45) is 5.92 Å². The first kappa shape index (κ1) is 14.4. The highest BCUT2D eigenvalue weighted by molar-refractivity contribution is 5.56. The third-order valence-corrected chi connectivity index (χ3v) is 3.03. The standard InChI is InChI=1S/C18H23NO/c1-15(2)14-20-18-11-7-6-10-17(18)19-13-12-16-8-4-3-5-9-16/h3-11,15,19H,12-14H2,1-2H3. The van der Waals surface area contributed by atoms with Gasteiger partial charge in [0.2, 0.25) is 0 Å². The van der Waals surface area contributed by atoms with E-state index in [2.05, 4.69) is 49.5 Å². The Morgan fingerprint density at radius 2 is 1.65 bits per heavy atom. The number of ether oxygens (including phenoxy) is 1. The van der Waals surface area contributed by atoms with Crippen LogP contribution in [0.15, 0.2) is 54.6 Å². The van der Waals surface area contributed by atoms with E-state index in [-0.39, 0.29) is 0 Å². The molecule has 20 heavy (non-hydrogen) atoms. The molecule has 0 fully saturated rings.